The quantitative estimate of drug-likeness (QED) is 0.645. The third kappa shape index (κ3) is 3.09. The van der Waals surface area contributed by atoms with Crippen molar-refractivity contribution >= 4 is 6.09 Å². The minimum Gasteiger partial charge on any atom is -0.444 e. The van der Waals surface area contributed by atoms with Crippen LogP contribution in [0.3, 0.4) is 0 Å². The van der Waals surface area contributed by atoms with Crippen LogP contribution in [0.1, 0.15) is 34.1 Å². The Morgan fingerprint density at radius 1 is 1.38 bits per heavy atom. The molecule has 1 aliphatic rings. The van der Waals surface area contributed by atoms with E-state index in [0.29, 0.717) is 13.0 Å². The molecule has 0 spiro atoms. The van der Waals surface area contributed by atoms with Gasteiger partial charge in [0.05, 0.1) is 12.1 Å². The molecule has 1 saturated heterocycles. The molecule has 1 amide bonds. The Labute approximate surface area is 96.0 Å². The second-order valence-electron chi connectivity index (χ2n) is 5.26. The number of aliphatic hydroxyl groups is 2. The lowest BCUT2D eigenvalue weighted by molar-refractivity contribution is -0.0740. The van der Waals surface area contributed by atoms with Gasteiger partial charge in [-0.05, 0) is 34.1 Å². The van der Waals surface area contributed by atoms with Crippen LogP contribution in [0.5, 0.6) is 0 Å². The summed E-state index contributed by atoms with van der Waals surface area (Å²) in [7, 11) is 0. The molecule has 2 N–H and O–H groups in total. The van der Waals surface area contributed by atoms with Crippen LogP contribution in [0.15, 0.2) is 0 Å². The molecule has 1 heterocycles. The molecule has 0 aliphatic carbocycles. The Morgan fingerprint density at radius 3 is 2.44 bits per heavy atom. The summed E-state index contributed by atoms with van der Waals surface area (Å²) in [4.78, 5) is 13.2. The van der Waals surface area contributed by atoms with Crippen LogP contribution in [0.25, 0.3) is 0 Å². The van der Waals surface area contributed by atoms with Crippen LogP contribution in [-0.4, -0.2) is 51.6 Å². The zero-order valence-electron chi connectivity index (χ0n) is 10.3. The first-order chi connectivity index (χ1) is 7.22. The Balaban J connectivity index is 2.64. The zero-order chi connectivity index (χ0) is 12.5. The van der Waals surface area contributed by atoms with E-state index in [-0.39, 0.29) is 0 Å². The van der Waals surface area contributed by atoms with E-state index in [4.69, 9.17) is 4.74 Å². The van der Waals surface area contributed by atoms with Crippen LogP contribution in [0.2, 0.25) is 0 Å². The standard InChI is InChI=1S/C11H21NO4/c1-7-9(14)8(13)5-6-12(7)10(15)16-11(2,3)4/h7-9,13-14H,5-6H2,1-4H3/t7-,8+,9-/m0/s1. The molecular formula is C11H21NO4. The maximum atomic E-state index is 11.8. The Hall–Kier alpha value is -0.810. The fourth-order valence-electron chi connectivity index (χ4n) is 1.73. The molecule has 94 valence electrons. The van der Waals surface area contributed by atoms with Crippen molar-refractivity contribution in [2.45, 2.75) is 58.0 Å². The summed E-state index contributed by atoms with van der Waals surface area (Å²) in [5.74, 6) is 0. The molecule has 0 radical (unpaired) electrons. The fourth-order valence-corrected chi connectivity index (χ4v) is 1.73. The highest BCUT2D eigenvalue weighted by Gasteiger charge is 2.37. The molecule has 0 aromatic heterocycles. The maximum absolute atomic E-state index is 11.8. The van der Waals surface area contributed by atoms with Crippen LogP contribution < -0.4 is 0 Å². The Kier molecular flexibility index (Phi) is 3.80. The van der Waals surface area contributed by atoms with Gasteiger partial charge in [-0.25, -0.2) is 4.79 Å². The number of hydrogen-bond acceptors (Lipinski definition) is 4. The summed E-state index contributed by atoms with van der Waals surface area (Å²) >= 11 is 0. The van der Waals surface area contributed by atoms with E-state index >= 15 is 0 Å². The van der Waals surface area contributed by atoms with E-state index in [9.17, 15) is 15.0 Å². The molecule has 0 aromatic rings. The van der Waals surface area contributed by atoms with E-state index < -0.39 is 29.9 Å². The SMILES string of the molecule is C[C@H]1[C@H](O)[C@H](O)CCN1C(=O)OC(C)(C)C. The van der Waals surface area contributed by atoms with Gasteiger partial charge in [-0.2, -0.15) is 0 Å². The lowest BCUT2D eigenvalue weighted by Crippen LogP contribution is -2.56. The molecule has 5 heteroatoms. The van der Waals surface area contributed by atoms with Crippen molar-refractivity contribution in [1.82, 2.24) is 4.90 Å². The molecule has 0 saturated carbocycles. The zero-order valence-corrected chi connectivity index (χ0v) is 10.3. The van der Waals surface area contributed by atoms with Crippen LogP contribution in [-0.2, 0) is 4.74 Å². The van der Waals surface area contributed by atoms with Gasteiger partial charge in [-0.3, -0.25) is 0 Å². The molecule has 0 bridgehead atoms. The van der Waals surface area contributed by atoms with Crippen molar-refractivity contribution in [3.05, 3.63) is 0 Å². The number of likely N-dealkylation sites (tertiary alicyclic amines) is 1. The molecular weight excluding hydrogens is 210 g/mol. The number of piperidine rings is 1. The molecule has 16 heavy (non-hydrogen) atoms. The average molecular weight is 231 g/mol. The van der Waals surface area contributed by atoms with Crippen LogP contribution in [0.4, 0.5) is 4.79 Å². The van der Waals surface area contributed by atoms with Crippen molar-refractivity contribution in [2.75, 3.05) is 6.54 Å². The molecule has 1 rings (SSSR count). The second-order valence-corrected chi connectivity index (χ2v) is 5.26. The predicted octanol–water partition coefficient (Wildman–Crippen LogP) is 0.738. The van der Waals surface area contributed by atoms with Gasteiger partial charge >= 0.3 is 6.09 Å². The summed E-state index contributed by atoms with van der Waals surface area (Å²) in [5, 5.41) is 19.1. The monoisotopic (exact) mass is 231 g/mol. The first-order valence-electron chi connectivity index (χ1n) is 5.58. The van der Waals surface area contributed by atoms with Gasteiger partial charge in [0, 0.05) is 6.54 Å². The van der Waals surface area contributed by atoms with Crippen molar-refractivity contribution < 1.29 is 19.7 Å². The number of rotatable bonds is 0. The Bertz CT molecular complexity index is 261. The van der Waals surface area contributed by atoms with Crippen molar-refractivity contribution in [1.29, 1.82) is 0 Å². The topological polar surface area (TPSA) is 70.0 Å². The van der Waals surface area contributed by atoms with E-state index in [1.807, 2.05) is 0 Å². The number of ether oxygens (including phenoxy) is 1. The van der Waals surface area contributed by atoms with Gasteiger partial charge < -0.3 is 19.8 Å². The van der Waals surface area contributed by atoms with E-state index in [0.717, 1.165) is 0 Å². The second kappa shape index (κ2) is 4.59. The highest BCUT2D eigenvalue weighted by atomic mass is 16.6. The van der Waals surface area contributed by atoms with Gasteiger partial charge in [0.2, 0.25) is 0 Å². The predicted molar refractivity (Wildman–Crippen MR) is 59.0 cm³/mol. The summed E-state index contributed by atoms with van der Waals surface area (Å²) in [5.41, 5.74) is -0.544. The van der Waals surface area contributed by atoms with Crippen molar-refractivity contribution in [2.24, 2.45) is 0 Å². The average Bonchev–Trinajstić information content (AvgIpc) is 2.11. The minimum atomic E-state index is -0.902. The van der Waals surface area contributed by atoms with Gasteiger partial charge in [0.25, 0.3) is 0 Å². The molecule has 0 aromatic carbocycles. The van der Waals surface area contributed by atoms with Gasteiger partial charge in [0.1, 0.15) is 11.7 Å². The highest BCUT2D eigenvalue weighted by molar-refractivity contribution is 5.68. The largest absolute Gasteiger partial charge is 0.444 e. The molecule has 3 atom stereocenters. The Morgan fingerprint density at radius 2 is 1.94 bits per heavy atom. The summed E-state index contributed by atoms with van der Waals surface area (Å²) in [6.07, 6.45) is -1.72. The number of aliphatic hydroxyl groups excluding tert-OH is 2. The van der Waals surface area contributed by atoms with Gasteiger partial charge in [0.15, 0.2) is 0 Å². The summed E-state index contributed by atoms with van der Waals surface area (Å²) in [6, 6.07) is -0.418. The highest BCUT2D eigenvalue weighted by Crippen LogP contribution is 2.20. The summed E-state index contributed by atoms with van der Waals surface area (Å²) < 4.78 is 5.23. The number of nitrogens with zero attached hydrogens (tertiary/aromatic N) is 1. The van der Waals surface area contributed by atoms with E-state index in [2.05, 4.69) is 0 Å². The summed E-state index contributed by atoms with van der Waals surface area (Å²) in [6.45, 7) is 7.51. The minimum absolute atomic E-state index is 0.380. The number of carbonyl (C=O) groups excluding carboxylic acids is 1. The van der Waals surface area contributed by atoms with Crippen molar-refractivity contribution in [3.63, 3.8) is 0 Å². The lowest BCUT2D eigenvalue weighted by atomic mass is 9.98. The number of amides is 1. The van der Waals surface area contributed by atoms with Crippen molar-refractivity contribution in [3.8, 4) is 0 Å². The molecule has 1 fully saturated rings. The number of carbonyl (C=O) groups is 1. The third-order valence-corrected chi connectivity index (χ3v) is 2.67. The smallest absolute Gasteiger partial charge is 0.410 e. The molecule has 1 aliphatic heterocycles. The fraction of sp³-hybridized carbons (Fsp3) is 0.909. The van der Waals surface area contributed by atoms with Gasteiger partial charge in [-0.15, -0.1) is 0 Å². The van der Waals surface area contributed by atoms with Crippen LogP contribution in [0, 0.1) is 0 Å². The maximum Gasteiger partial charge on any atom is 0.410 e. The molecule has 5 nitrogen and oxygen atoms in total. The van der Waals surface area contributed by atoms with E-state index in [1.54, 1.807) is 27.7 Å². The first kappa shape index (κ1) is 13.3. The van der Waals surface area contributed by atoms with Crippen LogP contribution >= 0.6 is 0 Å². The third-order valence-electron chi connectivity index (χ3n) is 2.67. The lowest BCUT2D eigenvalue weighted by Gasteiger charge is -2.39. The molecule has 0 unspecified atom stereocenters. The van der Waals surface area contributed by atoms with Gasteiger partial charge in [-0.1, -0.05) is 0 Å². The first-order valence-corrected chi connectivity index (χ1v) is 5.58. The van der Waals surface area contributed by atoms with E-state index in [1.165, 1.54) is 4.90 Å². The number of hydrogen-bond donors (Lipinski definition) is 2. The normalized spacial score (nSPS) is 31.4.